The number of nitrogens with one attached hydrogen (secondary N) is 1. The van der Waals surface area contributed by atoms with Gasteiger partial charge in [-0.2, -0.15) is 5.10 Å². The number of amides is 2. The van der Waals surface area contributed by atoms with Crippen molar-refractivity contribution in [2.45, 2.75) is 19.6 Å². The van der Waals surface area contributed by atoms with Gasteiger partial charge in [0.1, 0.15) is 17.3 Å². The van der Waals surface area contributed by atoms with Crippen molar-refractivity contribution in [3.63, 3.8) is 0 Å². The van der Waals surface area contributed by atoms with Crippen molar-refractivity contribution in [2.75, 3.05) is 39.5 Å². The number of hydrogen-bond donors (Lipinski definition) is 1. The molecule has 3 heterocycles. The molecule has 10 heteroatoms. The molecule has 1 atom stereocenters. The SMILES string of the molecule is Cc1c(C(=O)NCC2COCCO2)ccc2nn(CC3CN(C(=O)c4ccc(Oc5ccc(F)cc5)cc4)C3)cc12. The lowest BCUT2D eigenvalue weighted by Crippen LogP contribution is -2.51. The molecule has 2 fully saturated rings. The summed E-state index contributed by atoms with van der Waals surface area (Å²) >= 11 is 0. The van der Waals surface area contributed by atoms with Crippen LogP contribution in [-0.4, -0.2) is 72.1 Å². The van der Waals surface area contributed by atoms with Crippen LogP contribution < -0.4 is 10.1 Å². The molecule has 3 aromatic carbocycles. The highest BCUT2D eigenvalue weighted by molar-refractivity contribution is 6.00. The molecule has 2 saturated heterocycles. The fourth-order valence-corrected chi connectivity index (χ4v) is 5.18. The van der Waals surface area contributed by atoms with Crippen molar-refractivity contribution in [3.8, 4) is 11.5 Å². The lowest BCUT2D eigenvalue weighted by molar-refractivity contribution is -0.0855. The van der Waals surface area contributed by atoms with Crippen LogP contribution in [0.4, 0.5) is 4.39 Å². The predicted molar refractivity (Wildman–Crippen MR) is 150 cm³/mol. The van der Waals surface area contributed by atoms with Crippen LogP contribution >= 0.6 is 0 Å². The summed E-state index contributed by atoms with van der Waals surface area (Å²) in [6.07, 6.45) is 1.85. The van der Waals surface area contributed by atoms with Crippen molar-refractivity contribution in [2.24, 2.45) is 5.92 Å². The van der Waals surface area contributed by atoms with Crippen LogP contribution in [0.5, 0.6) is 11.5 Å². The molecule has 212 valence electrons. The molecule has 6 rings (SSSR count). The van der Waals surface area contributed by atoms with Gasteiger partial charge < -0.3 is 24.4 Å². The second-order valence-electron chi connectivity index (χ2n) is 10.5. The first-order chi connectivity index (χ1) is 19.9. The van der Waals surface area contributed by atoms with Gasteiger partial charge in [0, 0.05) is 54.8 Å². The lowest BCUT2D eigenvalue weighted by atomic mass is 9.99. The monoisotopic (exact) mass is 558 g/mol. The van der Waals surface area contributed by atoms with Gasteiger partial charge in [0.15, 0.2) is 0 Å². The number of ether oxygens (including phenoxy) is 3. The van der Waals surface area contributed by atoms with Crippen LogP contribution in [0.3, 0.4) is 0 Å². The molecule has 2 aliphatic rings. The molecule has 0 saturated carbocycles. The number of likely N-dealkylation sites (tertiary alicyclic amines) is 1. The van der Waals surface area contributed by atoms with E-state index in [1.54, 1.807) is 36.4 Å². The number of nitrogens with zero attached hydrogens (tertiary/aromatic N) is 3. The van der Waals surface area contributed by atoms with Crippen LogP contribution in [0, 0.1) is 18.7 Å². The summed E-state index contributed by atoms with van der Waals surface area (Å²) in [5, 5.41) is 8.59. The van der Waals surface area contributed by atoms with Crippen LogP contribution in [0.2, 0.25) is 0 Å². The van der Waals surface area contributed by atoms with Gasteiger partial charge in [-0.25, -0.2) is 4.39 Å². The highest BCUT2D eigenvalue weighted by Crippen LogP contribution is 2.26. The first-order valence-electron chi connectivity index (χ1n) is 13.7. The van der Waals surface area contributed by atoms with Crippen molar-refractivity contribution in [3.05, 3.63) is 89.4 Å². The zero-order chi connectivity index (χ0) is 28.3. The average Bonchev–Trinajstić information content (AvgIpc) is 3.39. The lowest BCUT2D eigenvalue weighted by Gasteiger charge is -2.39. The van der Waals surface area contributed by atoms with Gasteiger partial charge in [-0.05, 0) is 73.2 Å². The summed E-state index contributed by atoms with van der Waals surface area (Å²) in [6.45, 7) is 5.91. The van der Waals surface area contributed by atoms with Crippen LogP contribution in [0.15, 0.2) is 66.9 Å². The number of halogens is 1. The van der Waals surface area contributed by atoms with E-state index in [2.05, 4.69) is 5.32 Å². The van der Waals surface area contributed by atoms with Gasteiger partial charge in [0.05, 0.1) is 31.4 Å². The average molecular weight is 559 g/mol. The Bertz CT molecular complexity index is 1540. The van der Waals surface area contributed by atoms with Crippen LogP contribution in [-0.2, 0) is 16.0 Å². The molecular formula is C31H31FN4O5. The topological polar surface area (TPSA) is 94.9 Å². The summed E-state index contributed by atoms with van der Waals surface area (Å²) in [6, 6.07) is 16.4. The molecule has 9 nitrogen and oxygen atoms in total. The molecule has 0 radical (unpaired) electrons. The van der Waals surface area contributed by atoms with Gasteiger partial charge in [-0.1, -0.05) is 0 Å². The Morgan fingerprint density at radius 1 is 1.02 bits per heavy atom. The number of hydrogen-bond acceptors (Lipinski definition) is 6. The predicted octanol–water partition coefficient (Wildman–Crippen LogP) is 4.19. The Morgan fingerprint density at radius 2 is 1.76 bits per heavy atom. The quantitative estimate of drug-likeness (QED) is 0.349. The Kier molecular flexibility index (Phi) is 7.67. The molecule has 41 heavy (non-hydrogen) atoms. The third kappa shape index (κ3) is 6.08. The van der Waals surface area contributed by atoms with Gasteiger partial charge in [-0.3, -0.25) is 14.3 Å². The fraction of sp³-hybridized carbons (Fsp3) is 0.323. The van der Waals surface area contributed by atoms with Gasteiger partial charge in [-0.15, -0.1) is 0 Å². The maximum Gasteiger partial charge on any atom is 0.253 e. The van der Waals surface area contributed by atoms with E-state index in [0.717, 1.165) is 16.5 Å². The molecule has 1 aromatic heterocycles. The third-order valence-corrected chi connectivity index (χ3v) is 7.47. The summed E-state index contributed by atoms with van der Waals surface area (Å²) in [7, 11) is 0. The standard InChI is InChI=1S/C31H31FN4O5/c1-20-27(30(37)33-14-26-19-39-12-13-40-26)10-11-29-28(20)18-36(34-29)17-21-15-35(16-21)31(38)22-2-6-24(7-3-22)41-25-8-4-23(32)5-9-25/h2-11,18,21,26H,12-17,19H2,1H3,(H,33,37). The number of carbonyl (C=O) groups excluding carboxylic acids is 2. The van der Waals surface area contributed by atoms with Gasteiger partial charge in [0.2, 0.25) is 0 Å². The minimum atomic E-state index is -0.326. The van der Waals surface area contributed by atoms with E-state index in [1.165, 1.54) is 12.1 Å². The minimum absolute atomic E-state index is 0.0307. The number of aryl methyl sites for hydroxylation is 1. The van der Waals surface area contributed by atoms with E-state index in [-0.39, 0.29) is 29.7 Å². The Morgan fingerprint density at radius 3 is 2.46 bits per heavy atom. The summed E-state index contributed by atoms with van der Waals surface area (Å²) < 4.78 is 31.7. The van der Waals surface area contributed by atoms with Gasteiger partial charge in [0.25, 0.3) is 11.8 Å². The number of carbonyl (C=O) groups is 2. The third-order valence-electron chi connectivity index (χ3n) is 7.47. The Labute approximate surface area is 236 Å². The van der Waals surface area contributed by atoms with Crippen LogP contribution in [0.25, 0.3) is 10.9 Å². The molecule has 0 spiro atoms. The molecule has 4 aromatic rings. The number of aromatic nitrogens is 2. The van der Waals surface area contributed by atoms with E-state index < -0.39 is 0 Å². The Hall–Kier alpha value is -4.28. The van der Waals surface area contributed by atoms with E-state index in [0.29, 0.717) is 68.6 Å². The molecule has 2 amide bonds. The van der Waals surface area contributed by atoms with Crippen molar-refractivity contribution < 1.29 is 28.2 Å². The second kappa shape index (κ2) is 11.7. The molecule has 1 N–H and O–H groups in total. The van der Waals surface area contributed by atoms with E-state index in [4.69, 9.17) is 19.3 Å². The van der Waals surface area contributed by atoms with Crippen molar-refractivity contribution in [1.82, 2.24) is 20.0 Å². The zero-order valence-corrected chi connectivity index (χ0v) is 22.7. The maximum atomic E-state index is 13.1. The van der Waals surface area contributed by atoms with Crippen molar-refractivity contribution >= 4 is 22.7 Å². The molecule has 0 aliphatic carbocycles. The molecule has 1 unspecified atom stereocenters. The largest absolute Gasteiger partial charge is 0.457 e. The van der Waals surface area contributed by atoms with E-state index in [9.17, 15) is 14.0 Å². The Balaban J connectivity index is 1.02. The number of fused-ring (bicyclic) bond motifs is 1. The van der Waals surface area contributed by atoms with E-state index >= 15 is 0 Å². The smallest absolute Gasteiger partial charge is 0.253 e. The second-order valence-corrected chi connectivity index (χ2v) is 10.5. The molecular weight excluding hydrogens is 527 g/mol. The minimum Gasteiger partial charge on any atom is -0.457 e. The van der Waals surface area contributed by atoms with E-state index in [1.807, 2.05) is 34.8 Å². The fourth-order valence-electron chi connectivity index (χ4n) is 5.18. The number of benzene rings is 3. The van der Waals surface area contributed by atoms with Crippen LogP contribution in [0.1, 0.15) is 26.3 Å². The summed E-state index contributed by atoms with van der Waals surface area (Å²) in [5.74, 6) is 0.886. The van der Waals surface area contributed by atoms with Crippen molar-refractivity contribution in [1.29, 1.82) is 0 Å². The van der Waals surface area contributed by atoms with Gasteiger partial charge >= 0.3 is 0 Å². The first-order valence-corrected chi connectivity index (χ1v) is 13.7. The first kappa shape index (κ1) is 26.9. The normalized spacial score (nSPS) is 17.3. The molecule has 2 aliphatic heterocycles. The highest BCUT2D eigenvalue weighted by atomic mass is 19.1. The summed E-state index contributed by atoms with van der Waals surface area (Å²) in [5.41, 5.74) is 2.91. The zero-order valence-electron chi connectivity index (χ0n) is 22.7. The highest BCUT2D eigenvalue weighted by Gasteiger charge is 2.31. The molecule has 0 bridgehead atoms. The number of rotatable bonds is 8. The maximum absolute atomic E-state index is 13.1. The summed E-state index contributed by atoms with van der Waals surface area (Å²) in [4.78, 5) is 27.6.